The lowest BCUT2D eigenvalue weighted by atomic mass is 10.2. The first-order chi connectivity index (χ1) is 9.93. The molecule has 8 heteroatoms. The van der Waals surface area contributed by atoms with Crippen molar-refractivity contribution in [2.45, 2.75) is 18.0 Å². The molecule has 0 saturated carbocycles. The molecule has 1 aromatic heterocycles. The molecule has 0 saturated heterocycles. The van der Waals surface area contributed by atoms with E-state index in [1.807, 2.05) is 0 Å². The van der Waals surface area contributed by atoms with E-state index in [9.17, 15) is 8.42 Å². The summed E-state index contributed by atoms with van der Waals surface area (Å²) in [5.74, 6) is 0. The van der Waals surface area contributed by atoms with Crippen LogP contribution in [-0.4, -0.2) is 41.3 Å². The van der Waals surface area contributed by atoms with E-state index in [0.29, 0.717) is 5.02 Å². The highest BCUT2D eigenvalue weighted by molar-refractivity contribution is 7.89. The Morgan fingerprint density at radius 2 is 2.00 bits per heavy atom. The van der Waals surface area contributed by atoms with Crippen LogP contribution in [0, 0.1) is 0 Å². The largest absolute Gasteiger partial charge is 0.394 e. The van der Waals surface area contributed by atoms with Crippen LogP contribution in [0.15, 0.2) is 41.6 Å². The van der Waals surface area contributed by atoms with Gasteiger partial charge in [-0.2, -0.15) is 9.40 Å². The normalized spacial score (nSPS) is 12.0. The highest BCUT2D eigenvalue weighted by Crippen LogP contribution is 2.17. The van der Waals surface area contributed by atoms with Gasteiger partial charge in [0.25, 0.3) is 0 Å². The molecule has 114 valence electrons. The number of halogens is 1. The van der Waals surface area contributed by atoms with Gasteiger partial charge < -0.3 is 5.11 Å². The van der Waals surface area contributed by atoms with E-state index in [4.69, 9.17) is 16.7 Å². The number of aromatic nitrogens is 2. The van der Waals surface area contributed by atoms with Gasteiger partial charge in [0.05, 0.1) is 19.3 Å². The molecule has 0 unspecified atom stereocenters. The summed E-state index contributed by atoms with van der Waals surface area (Å²) in [7, 11) is -2.10. The second-order valence-corrected chi connectivity index (χ2v) is 7.03. The standard InChI is InChI=1S/C13H16ClN3O3S/c1-16(9-11-2-4-12(14)5-3-11)21(19,20)13-8-15-17(10-13)6-7-18/h2-5,8,10,18H,6-7,9H2,1H3. The number of hydrogen-bond donors (Lipinski definition) is 1. The third-order valence-corrected chi connectivity index (χ3v) is 4.97. The van der Waals surface area contributed by atoms with Crippen LogP contribution in [0.1, 0.15) is 5.56 Å². The highest BCUT2D eigenvalue weighted by Gasteiger charge is 2.22. The Bertz CT molecular complexity index is 698. The van der Waals surface area contributed by atoms with Crippen LogP contribution < -0.4 is 0 Å². The first-order valence-electron chi connectivity index (χ1n) is 6.27. The van der Waals surface area contributed by atoms with Crippen LogP contribution in [0.4, 0.5) is 0 Å². The van der Waals surface area contributed by atoms with Crippen molar-refractivity contribution in [1.82, 2.24) is 14.1 Å². The van der Waals surface area contributed by atoms with Crippen molar-refractivity contribution in [2.24, 2.45) is 0 Å². The lowest BCUT2D eigenvalue weighted by Crippen LogP contribution is -2.26. The Morgan fingerprint density at radius 1 is 1.33 bits per heavy atom. The quantitative estimate of drug-likeness (QED) is 0.868. The number of benzene rings is 1. The van der Waals surface area contributed by atoms with Gasteiger partial charge in [0.1, 0.15) is 4.90 Å². The molecule has 1 aromatic carbocycles. The maximum atomic E-state index is 12.4. The van der Waals surface area contributed by atoms with Crippen LogP contribution in [-0.2, 0) is 23.1 Å². The van der Waals surface area contributed by atoms with E-state index in [1.165, 1.54) is 28.4 Å². The molecule has 0 amide bonds. The second-order valence-electron chi connectivity index (χ2n) is 4.55. The molecule has 1 N–H and O–H groups in total. The summed E-state index contributed by atoms with van der Waals surface area (Å²) in [4.78, 5) is 0.104. The fourth-order valence-corrected chi connectivity index (χ4v) is 3.05. The summed E-state index contributed by atoms with van der Waals surface area (Å²) >= 11 is 5.80. The zero-order chi connectivity index (χ0) is 15.5. The van der Waals surface area contributed by atoms with Gasteiger partial charge in [-0.3, -0.25) is 4.68 Å². The fourth-order valence-electron chi connectivity index (χ4n) is 1.81. The van der Waals surface area contributed by atoms with Gasteiger partial charge in [-0.05, 0) is 17.7 Å². The molecule has 2 rings (SSSR count). The predicted molar refractivity (Wildman–Crippen MR) is 79.4 cm³/mol. The second kappa shape index (κ2) is 6.57. The lowest BCUT2D eigenvalue weighted by molar-refractivity contribution is 0.269. The van der Waals surface area contributed by atoms with Crippen molar-refractivity contribution in [3.63, 3.8) is 0 Å². The number of hydrogen-bond acceptors (Lipinski definition) is 4. The molecular weight excluding hydrogens is 314 g/mol. The van der Waals surface area contributed by atoms with Crippen molar-refractivity contribution in [3.8, 4) is 0 Å². The van der Waals surface area contributed by atoms with Gasteiger partial charge in [-0.15, -0.1) is 0 Å². The number of nitrogens with zero attached hydrogens (tertiary/aromatic N) is 3. The minimum atomic E-state index is -3.61. The first-order valence-corrected chi connectivity index (χ1v) is 8.09. The minimum absolute atomic E-state index is 0.0955. The van der Waals surface area contributed by atoms with E-state index >= 15 is 0 Å². The SMILES string of the molecule is CN(Cc1ccc(Cl)cc1)S(=O)(=O)c1cnn(CCO)c1. The summed E-state index contributed by atoms with van der Waals surface area (Å²) < 4.78 is 27.4. The molecule has 0 aliphatic carbocycles. The average Bonchev–Trinajstić information content (AvgIpc) is 2.91. The van der Waals surface area contributed by atoms with Crippen molar-refractivity contribution in [3.05, 3.63) is 47.2 Å². The molecule has 0 spiro atoms. The first kappa shape index (κ1) is 16.0. The Balaban J connectivity index is 2.15. The van der Waals surface area contributed by atoms with Crippen LogP contribution >= 0.6 is 11.6 Å². The Labute approximate surface area is 128 Å². The molecule has 6 nitrogen and oxygen atoms in total. The lowest BCUT2D eigenvalue weighted by Gasteiger charge is -2.16. The molecule has 1 heterocycles. The maximum Gasteiger partial charge on any atom is 0.246 e. The van der Waals surface area contributed by atoms with Crippen molar-refractivity contribution in [2.75, 3.05) is 13.7 Å². The highest BCUT2D eigenvalue weighted by atomic mass is 35.5. The third-order valence-electron chi connectivity index (χ3n) is 2.97. The Morgan fingerprint density at radius 3 is 2.62 bits per heavy atom. The van der Waals surface area contributed by atoms with Crippen LogP contribution in [0.3, 0.4) is 0 Å². The third kappa shape index (κ3) is 3.82. The van der Waals surface area contributed by atoms with E-state index < -0.39 is 10.0 Å². The van der Waals surface area contributed by atoms with Crippen LogP contribution in [0.5, 0.6) is 0 Å². The van der Waals surface area contributed by atoms with Gasteiger partial charge >= 0.3 is 0 Å². The topological polar surface area (TPSA) is 75.4 Å². The number of aliphatic hydroxyl groups excluding tert-OH is 1. The molecule has 0 fully saturated rings. The minimum Gasteiger partial charge on any atom is -0.394 e. The van der Waals surface area contributed by atoms with E-state index in [1.54, 1.807) is 24.3 Å². The molecule has 21 heavy (non-hydrogen) atoms. The summed E-state index contributed by atoms with van der Waals surface area (Å²) in [5, 5.41) is 13.3. The van der Waals surface area contributed by atoms with E-state index in [2.05, 4.69) is 5.10 Å². The maximum absolute atomic E-state index is 12.4. The molecule has 0 radical (unpaired) electrons. The average molecular weight is 330 g/mol. The molecule has 0 aliphatic heterocycles. The number of aliphatic hydroxyl groups is 1. The van der Waals surface area contributed by atoms with E-state index in [0.717, 1.165) is 5.56 Å². The van der Waals surface area contributed by atoms with Crippen LogP contribution in [0.2, 0.25) is 5.02 Å². The number of rotatable bonds is 6. The number of sulfonamides is 1. The van der Waals surface area contributed by atoms with Gasteiger partial charge in [-0.25, -0.2) is 8.42 Å². The van der Waals surface area contributed by atoms with Gasteiger partial charge in [-0.1, -0.05) is 23.7 Å². The zero-order valence-electron chi connectivity index (χ0n) is 11.5. The fraction of sp³-hybridized carbons (Fsp3) is 0.308. The summed E-state index contributed by atoms with van der Waals surface area (Å²) in [6.45, 7) is 0.406. The predicted octanol–water partition coefficient (Wildman–Crippen LogP) is 1.35. The van der Waals surface area contributed by atoms with Crippen molar-refractivity contribution in [1.29, 1.82) is 0 Å². The van der Waals surface area contributed by atoms with Crippen LogP contribution in [0.25, 0.3) is 0 Å². The summed E-state index contributed by atoms with van der Waals surface area (Å²) in [6.07, 6.45) is 2.69. The van der Waals surface area contributed by atoms with Gasteiger partial charge in [0, 0.05) is 24.8 Å². The Kier molecular flexibility index (Phi) is 5.00. The molecule has 0 bridgehead atoms. The molecule has 0 aliphatic rings. The Hall–Kier alpha value is -1.41. The van der Waals surface area contributed by atoms with Crippen molar-refractivity contribution < 1.29 is 13.5 Å². The van der Waals surface area contributed by atoms with E-state index in [-0.39, 0.29) is 24.6 Å². The molecular formula is C13H16ClN3O3S. The van der Waals surface area contributed by atoms with Gasteiger partial charge in [0.15, 0.2) is 0 Å². The zero-order valence-corrected chi connectivity index (χ0v) is 13.0. The summed E-state index contributed by atoms with van der Waals surface area (Å²) in [6, 6.07) is 7.00. The van der Waals surface area contributed by atoms with Gasteiger partial charge in [0.2, 0.25) is 10.0 Å². The smallest absolute Gasteiger partial charge is 0.246 e. The summed E-state index contributed by atoms with van der Waals surface area (Å²) in [5.41, 5.74) is 0.841. The molecule has 0 atom stereocenters. The monoisotopic (exact) mass is 329 g/mol. The molecule has 2 aromatic rings. The van der Waals surface area contributed by atoms with Crippen molar-refractivity contribution >= 4 is 21.6 Å².